The van der Waals surface area contributed by atoms with Gasteiger partial charge in [-0.3, -0.25) is 14.5 Å². The Kier molecular flexibility index (Phi) is 4.24. The van der Waals surface area contributed by atoms with Crippen molar-refractivity contribution in [3.05, 3.63) is 47.8 Å². The van der Waals surface area contributed by atoms with Crippen LogP contribution in [0.3, 0.4) is 0 Å². The summed E-state index contributed by atoms with van der Waals surface area (Å²) >= 11 is 0. The molecule has 1 fully saturated rings. The molecule has 4 rings (SSSR count). The Morgan fingerprint density at radius 2 is 2.15 bits per heavy atom. The highest BCUT2D eigenvalue weighted by molar-refractivity contribution is 5.92. The number of hydrogen-bond donors (Lipinski definition) is 0. The highest BCUT2D eigenvalue weighted by Crippen LogP contribution is 2.23. The first-order valence-electron chi connectivity index (χ1n) is 8.63. The molecule has 0 N–H and O–H groups in total. The van der Waals surface area contributed by atoms with E-state index in [0.29, 0.717) is 36.3 Å². The lowest BCUT2D eigenvalue weighted by atomic mass is 10.1. The zero-order valence-corrected chi connectivity index (χ0v) is 14.8. The molecular weight excluding hydrogens is 332 g/mol. The SMILES string of the molecule is Cc1cc(C(=O)N2CCC(Cc3noc(-c4ccncc4)n3)C2)n(C)n1. The van der Waals surface area contributed by atoms with Crippen molar-refractivity contribution in [2.75, 3.05) is 13.1 Å². The number of carbonyl (C=O) groups is 1. The van der Waals surface area contributed by atoms with Crippen molar-refractivity contribution >= 4 is 5.91 Å². The molecular formula is C18H20N6O2. The summed E-state index contributed by atoms with van der Waals surface area (Å²) in [7, 11) is 1.80. The van der Waals surface area contributed by atoms with Crippen molar-refractivity contribution in [3.63, 3.8) is 0 Å². The lowest BCUT2D eigenvalue weighted by molar-refractivity contribution is 0.0776. The molecule has 1 saturated heterocycles. The van der Waals surface area contributed by atoms with Crippen LogP contribution in [-0.4, -0.2) is 48.8 Å². The first-order chi connectivity index (χ1) is 12.6. The molecule has 1 amide bonds. The van der Waals surface area contributed by atoms with Crippen LogP contribution in [0.4, 0.5) is 0 Å². The van der Waals surface area contributed by atoms with Gasteiger partial charge in [0, 0.05) is 44.5 Å². The van der Waals surface area contributed by atoms with Gasteiger partial charge in [0.1, 0.15) is 5.69 Å². The summed E-state index contributed by atoms with van der Waals surface area (Å²) in [5.74, 6) is 1.53. The van der Waals surface area contributed by atoms with Crippen LogP contribution < -0.4 is 0 Å². The summed E-state index contributed by atoms with van der Waals surface area (Å²) in [5.41, 5.74) is 2.33. The van der Waals surface area contributed by atoms with Crippen LogP contribution in [-0.2, 0) is 13.5 Å². The lowest BCUT2D eigenvalue weighted by Crippen LogP contribution is -2.30. The van der Waals surface area contributed by atoms with E-state index in [2.05, 4.69) is 20.2 Å². The average Bonchev–Trinajstić information content (AvgIpc) is 3.36. The molecule has 0 radical (unpaired) electrons. The molecule has 0 saturated carbocycles. The highest BCUT2D eigenvalue weighted by Gasteiger charge is 2.29. The standard InChI is InChI=1S/C18H20N6O2/c1-12-9-15(23(2)21-12)18(25)24-8-5-13(11-24)10-16-20-17(26-22-16)14-3-6-19-7-4-14/h3-4,6-7,9,13H,5,8,10-11H2,1-2H3. The van der Waals surface area contributed by atoms with Crippen LogP contribution in [0.25, 0.3) is 11.5 Å². The quantitative estimate of drug-likeness (QED) is 0.712. The summed E-state index contributed by atoms with van der Waals surface area (Å²) in [6.07, 6.45) is 5.02. The second-order valence-corrected chi connectivity index (χ2v) is 6.66. The molecule has 0 spiro atoms. The summed E-state index contributed by atoms with van der Waals surface area (Å²) in [4.78, 5) is 23.0. The van der Waals surface area contributed by atoms with Gasteiger partial charge in [-0.2, -0.15) is 10.1 Å². The number of nitrogens with zero attached hydrogens (tertiary/aromatic N) is 6. The molecule has 1 unspecified atom stereocenters. The van der Waals surface area contributed by atoms with Gasteiger partial charge in [0.25, 0.3) is 11.8 Å². The molecule has 1 aliphatic rings. The van der Waals surface area contributed by atoms with Gasteiger partial charge in [-0.05, 0) is 37.5 Å². The van der Waals surface area contributed by atoms with Gasteiger partial charge in [0.2, 0.25) is 0 Å². The number of carbonyl (C=O) groups excluding carboxylic acids is 1. The maximum absolute atomic E-state index is 12.7. The summed E-state index contributed by atoms with van der Waals surface area (Å²) in [5, 5.41) is 8.33. The Morgan fingerprint density at radius 3 is 2.88 bits per heavy atom. The third-order valence-electron chi connectivity index (χ3n) is 4.66. The van der Waals surface area contributed by atoms with Crippen LogP contribution in [0.1, 0.15) is 28.4 Å². The molecule has 8 nitrogen and oxygen atoms in total. The summed E-state index contributed by atoms with van der Waals surface area (Å²) < 4.78 is 6.99. The molecule has 0 bridgehead atoms. The van der Waals surface area contributed by atoms with Crippen molar-refractivity contribution in [1.29, 1.82) is 0 Å². The van der Waals surface area contributed by atoms with Crippen LogP contribution in [0.15, 0.2) is 35.1 Å². The third-order valence-corrected chi connectivity index (χ3v) is 4.66. The van der Waals surface area contributed by atoms with Gasteiger partial charge in [-0.15, -0.1) is 0 Å². The number of aromatic nitrogens is 5. The zero-order valence-electron chi connectivity index (χ0n) is 14.8. The van der Waals surface area contributed by atoms with Crippen LogP contribution in [0.2, 0.25) is 0 Å². The van der Waals surface area contributed by atoms with E-state index < -0.39 is 0 Å². The van der Waals surface area contributed by atoms with Gasteiger partial charge in [-0.25, -0.2) is 0 Å². The number of rotatable bonds is 4. The number of likely N-dealkylation sites (tertiary alicyclic amines) is 1. The lowest BCUT2D eigenvalue weighted by Gasteiger charge is -2.16. The minimum atomic E-state index is 0.0289. The fraction of sp³-hybridized carbons (Fsp3) is 0.389. The van der Waals surface area contributed by atoms with Crippen molar-refractivity contribution in [2.45, 2.75) is 19.8 Å². The van der Waals surface area contributed by atoms with E-state index in [9.17, 15) is 4.79 Å². The second kappa shape index (κ2) is 6.70. The Hall–Kier alpha value is -3.03. The third kappa shape index (κ3) is 3.22. The van der Waals surface area contributed by atoms with E-state index in [1.165, 1.54) is 0 Å². The predicted octanol–water partition coefficient (Wildman–Crippen LogP) is 1.88. The smallest absolute Gasteiger partial charge is 0.272 e. The van der Waals surface area contributed by atoms with Crippen LogP contribution >= 0.6 is 0 Å². The highest BCUT2D eigenvalue weighted by atomic mass is 16.5. The molecule has 1 atom stereocenters. The van der Waals surface area contributed by atoms with Crippen LogP contribution in [0, 0.1) is 12.8 Å². The molecule has 134 valence electrons. The molecule has 3 aromatic heterocycles. The maximum Gasteiger partial charge on any atom is 0.272 e. The topological polar surface area (TPSA) is 89.9 Å². The van der Waals surface area contributed by atoms with Crippen molar-refractivity contribution in [1.82, 2.24) is 29.8 Å². The molecule has 3 aromatic rings. The molecule has 0 aliphatic carbocycles. The normalized spacial score (nSPS) is 17.0. The number of aryl methyl sites for hydroxylation is 2. The number of pyridine rings is 1. The monoisotopic (exact) mass is 352 g/mol. The Bertz CT molecular complexity index is 917. The predicted molar refractivity (Wildman–Crippen MR) is 93.2 cm³/mol. The first kappa shape index (κ1) is 16.4. The fourth-order valence-electron chi connectivity index (χ4n) is 3.36. The second-order valence-electron chi connectivity index (χ2n) is 6.66. The van der Waals surface area contributed by atoms with E-state index in [4.69, 9.17) is 4.52 Å². The van der Waals surface area contributed by atoms with Gasteiger partial charge in [-0.1, -0.05) is 5.16 Å². The first-order valence-corrected chi connectivity index (χ1v) is 8.63. The van der Waals surface area contributed by atoms with Gasteiger partial charge >= 0.3 is 0 Å². The van der Waals surface area contributed by atoms with E-state index in [1.54, 1.807) is 24.1 Å². The number of amides is 1. The molecule has 1 aliphatic heterocycles. The Morgan fingerprint density at radius 1 is 1.35 bits per heavy atom. The van der Waals surface area contributed by atoms with Gasteiger partial charge in [0.15, 0.2) is 5.82 Å². The van der Waals surface area contributed by atoms with E-state index in [0.717, 1.165) is 24.2 Å². The Balaban J connectivity index is 1.40. The minimum absolute atomic E-state index is 0.0289. The van der Waals surface area contributed by atoms with Crippen LogP contribution in [0.5, 0.6) is 0 Å². The zero-order chi connectivity index (χ0) is 18.1. The van der Waals surface area contributed by atoms with Crippen molar-refractivity contribution in [2.24, 2.45) is 13.0 Å². The number of hydrogen-bond acceptors (Lipinski definition) is 6. The molecule has 26 heavy (non-hydrogen) atoms. The summed E-state index contributed by atoms with van der Waals surface area (Å²) in [6.45, 7) is 3.32. The molecule has 4 heterocycles. The Labute approximate surface area is 150 Å². The summed E-state index contributed by atoms with van der Waals surface area (Å²) in [6, 6.07) is 5.50. The van der Waals surface area contributed by atoms with Gasteiger partial charge < -0.3 is 9.42 Å². The van der Waals surface area contributed by atoms with E-state index in [1.807, 2.05) is 30.0 Å². The van der Waals surface area contributed by atoms with Crippen molar-refractivity contribution in [3.8, 4) is 11.5 Å². The average molecular weight is 352 g/mol. The molecule has 8 heteroatoms. The maximum atomic E-state index is 12.7. The van der Waals surface area contributed by atoms with Gasteiger partial charge in [0.05, 0.1) is 5.69 Å². The molecule has 0 aromatic carbocycles. The fourth-order valence-corrected chi connectivity index (χ4v) is 3.36. The van der Waals surface area contributed by atoms with Crippen molar-refractivity contribution < 1.29 is 9.32 Å². The largest absolute Gasteiger partial charge is 0.337 e. The van der Waals surface area contributed by atoms with E-state index in [-0.39, 0.29) is 5.91 Å². The van der Waals surface area contributed by atoms with E-state index >= 15 is 0 Å². The minimum Gasteiger partial charge on any atom is -0.337 e.